The number of aromatic nitrogens is 3. The average molecular weight is 365 g/mol. The molecule has 4 rings (SSSR count). The number of hydrogen-bond acceptors (Lipinski definition) is 5. The van der Waals surface area contributed by atoms with Crippen molar-refractivity contribution in [1.29, 1.82) is 0 Å². The first kappa shape index (κ1) is 16.7. The molecule has 2 aromatic carbocycles. The van der Waals surface area contributed by atoms with Crippen molar-refractivity contribution < 1.29 is 8.81 Å². The third kappa shape index (κ3) is 3.32. The van der Waals surface area contributed by atoms with Crippen LogP contribution >= 0.6 is 11.8 Å². The molecule has 6 heteroatoms. The van der Waals surface area contributed by atoms with E-state index in [4.69, 9.17) is 4.42 Å². The van der Waals surface area contributed by atoms with Crippen LogP contribution in [0.2, 0.25) is 0 Å². The maximum Gasteiger partial charge on any atom is 0.246 e. The third-order valence-corrected chi connectivity index (χ3v) is 4.96. The molecule has 26 heavy (non-hydrogen) atoms. The molecule has 0 aliphatic heterocycles. The molecule has 0 aliphatic rings. The molecule has 0 spiro atoms. The van der Waals surface area contributed by atoms with E-state index in [9.17, 15) is 4.39 Å². The van der Waals surface area contributed by atoms with E-state index in [2.05, 4.69) is 27.1 Å². The zero-order valence-electron chi connectivity index (χ0n) is 14.4. The van der Waals surface area contributed by atoms with E-state index in [0.29, 0.717) is 28.6 Å². The Morgan fingerprint density at radius 2 is 1.88 bits per heavy atom. The van der Waals surface area contributed by atoms with Gasteiger partial charge in [0.25, 0.3) is 0 Å². The van der Waals surface area contributed by atoms with Crippen LogP contribution in [0.15, 0.2) is 58.0 Å². The lowest BCUT2D eigenvalue weighted by Crippen LogP contribution is -1.97. The molecule has 0 aliphatic carbocycles. The first-order valence-electron chi connectivity index (χ1n) is 8.17. The molecule has 0 atom stereocenters. The number of hydrogen-bond donors (Lipinski definition) is 0. The molecule has 0 saturated carbocycles. The summed E-state index contributed by atoms with van der Waals surface area (Å²) < 4.78 is 20.3. The van der Waals surface area contributed by atoms with E-state index in [1.807, 2.05) is 31.2 Å². The van der Waals surface area contributed by atoms with Gasteiger partial charge in [0.05, 0.1) is 6.20 Å². The van der Waals surface area contributed by atoms with E-state index < -0.39 is 0 Å². The lowest BCUT2D eigenvalue weighted by molar-refractivity contribution is 0.540. The summed E-state index contributed by atoms with van der Waals surface area (Å²) in [6.07, 6.45) is 1.63. The lowest BCUT2D eigenvalue weighted by Gasteiger charge is -2.08. The van der Waals surface area contributed by atoms with E-state index >= 15 is 0 Å². The van der Waals surface area contributed by atoms with Gasteiger partial charge in [0, 0.05) is 16.0 Å². The van der Waals surface area contributed by atoms with Gasteiger partial charge in [-0.1, -0.05) is 30.3 Å². The van der Waals surface area contributed by atoms with Gasteiger partial charge in [-0.15, -0.1) is 11.8 Å². The number of aryl methyl sites for hydroxylation is 2. The van der Waals surface area contributed by atoms with Crippen LogP contribution < -0.4 is 0 Å². The molecule has 130 valence electrons. The predicted molar refractivity (Wildman–Crippen MR) is 100 cm³/mol. The maximum absolute atomic E-state index is 14.7. The topological polar surface area (TPSA) is 51.8 Å². The van der Waals surface area contributed by atoms with Gasteiger partial charge in [0.2, 0.25) is 5.89 Å². The Morgan fingerprint density at radius 3 is 2.62 bits per heavy atom. The van der Waals surface area contributed by atoms with Gasteiger partial charge in [-0.05, 0) is 31.5 Å². The van der Waals surface area contributed by atoms with Crippen LogP contribution in [0, 0.1) is 19.7 Å². The third-order valence-electron chi connectivity index (χ3n) is 3.91. The second kappa shape index (κ2) is 6.88. The number of nitrogens with zero attached hydrogens (tertiary/aromatic N) is 3. The van der Waals surface area contributed by atoms with Crippen molar-refractivity contribution in [2.45, 2.75) is 24.5 Å². The Hall–Kier alpha value is -2.73. The number of oxazole rings is 1. The predicted octanol–water partition coefficient (Wildman–Crippen LogP) is 5.33. The average Bonchev–Trinajstić information content (AvgIpc) is 3.07. The lowest BCUT2D eigenvalue weighted by atomic mass is 10.1. The summed E-state index contributed by atoms with van der Waals surface area (Å²) in [5.41, 5.74) is 1.98. The Labute approximate surface area is 154 Å². The van der Waals surface area contributed by atoms with Gasteiger partial charge in [-0.3, -0.25) is 0 Å². The van der Waals surface area contributed by atoms with Gasteiger partial charge in [0.15, 0.2) is 5.82 Å². The molecule has 0 bridgehead atoms. The largest absolute Gasteiger partial charge is 0.440 e. The molecule has 2 heterocycles. The Kier molecular flexibility index (Phi) is 4.42. The SMILES string of the molecule is Cc1nc(-c2ncc(C)o2)c2cc(SCc3ccccc3)cc(F)c2n1. The van der Waals surface area contributed by atoms with Crippen LogP contribution in [0.1, 0.15) is 17.1 Å². The minimum absolute atomic E-state index is 0.285. The fourth-order valence-electron chi connectivity index (χ4n) is 2.73. The van der Waals surface area contributed by atoms with E-state index in [-0.39, 0.29) is 11.3 Å². The monoisotopic (exact) mass is 365 g/mol. The highest BCUT2D eigenvalue weighted by Crippen LogP contribution is 2.32. The Morgan fingerprint density at radius 1 is 1.08 bits per heavy atom. The number of rotatable bonds is 4. The molecular formula is C20H16FN3OS. The molecular weight excluding hydrogens is 349 g/mol. The molecule has 0 radical (unpaired) electrons. The second-order valence-electron chi connectivity index (χ2n) is 5.97. The molecule has 0 saturated heterocycles. The fourth-order valence-corrected chi connectivity index (χ4v) is 3.64. The molecule has 2 aromatic heterocycles. The quantitative estimate of drug-likeness (QED) is 0.457. The molecule has 0 fully saturated rings. The van der Waals surface area contributed by atoms with Crippen LogP contribution in [0.5, 0.6) is 0 Å². The first-order chi connectivity index (χ1) is 12.6. The van der Waals surface area contributed by atoms with Crippen LogP contribution in [0.3, 0.4) is 0 Å². The number of benzene rings is 2. The Bertz CT molecular complexity index is 1080. The van der Waals surface area contributed by atoms with Crippen molar-refractivity contribution >= 4 is 22.7 Å². The van der Waals surface area contributed by atoms with Gasteiger partial charge in [-0.2, -0.15) is 0 Å². The zero-order valence-corrected chi connectivity index (χ0v) is 15.2. The highest BCUT2D eigenvalue weighted by atomic mass is 32.2. The fraction of sp³-hybridized carbons (Fsp3) is 0.150. The zero-order chi connectivity index (χ0) is 18.1. The number of halogens is 1. The first-order valence-corrected chi connectivity index (χ1v) is 9.16. The standard InChI is InChI=1S/C20H16FN3OS/c1-12-10-22-20(25-12)19-16-8-15(26-11-14-6-4-3-5-7-14)9-17(21)18(16)23-13(2)24-19/h3-10H,11H2,1-2H3. The van der Waals surface area contributed by atoms with Gasteiger partial charge >= 0.3 is 0 Å². The molecule has 4 aromatic rings. The van der Waals surface area contributed by atoms with Crippen molar-refractivity contribution in [1.82, 2.24) is 15.0 Å². The summed E-state index contributed by atoms with van der Waals surface area (Å²) in [7, 11) is 0. The van der Waals surface area contributed by atoms with E-state index in [1.54, 1.807) is 24.9 Å². The second-order valence-corrected chi connectivity index (χ2v) is 7.02. The van der Waals surface area contributed by atoms with Crippen molar-refractivity contribution in [3.63, 3.8) is 0 Å². The number of thioether (sulfide) groups is 1. The molecule has 0 N–H and O–H groups in total. The van der Waals surface area contributed by atoms with Crippen molar-refractivity contribution in [3.8, 4) is 11.6 Å². The minimum Gasteiger partial charge on any atom is -0.440 e. The highest BCUT2D eigenvalue weighted by molar-refractivity contribution is 7.98. The van der Waals surface area contributed by atoms with Gasteiger partial charge in [-0.25, -0.2) is 19.3 Å². The van der Waals surface area contributed by atoms with Crippen molar-refractivity contribution in [2.75, 3.05) is 0 Å². The van der Waals surface area contributed by atoms with Crippen molar-refractivity contribution in [2.24, 2.45) is 0 Å². The molecule has 0 amide bonds. The molecule has 0 unspecified atom stereocenters. The van der Waals surface area contributed by atoms with Gasteiger partial charge in [0.1, 0.15) is 22.8 Å². The summed E-state index contributed by atoms with van der Waals surface area (Å²) in [6, 6.07) is 13.5. The molecule has 4 nitrogen and oxygen atoms in total. The summed E-state index contributed by atoms with van der Waals surface area (Å²) in [5, 5.41) is 0.605. The minimum atomic E-state index is -0.368. The summed E-state index contributed by atoms with van der Waals surface area (Å²) >= 11 is 1.57. The van der Waals surface area contributed by atoms with E-state index in [1.165, 1.54) is 11.6 Å². The maximum atomic E-state index is 14.7. The van der Waals surface area contributed by atoms with Crippen LogP contribution in [-0.2, 0) is 5.75 Å². The van der Waals surface area contributed by atoms with Gasteiger partial charge < -0.3 is 4.42 Å². The number of fused-ring (bicyclic) bond motifs is 1. The normalized spacial score (nSPS) is 11.2. The van der Waals surface area contributed by atoms with Crippen molar-refractivity contribution in [3.05, 3.63) is 71.6 Å². The summed E-state index contributed by atoms with van der Waals surface area (Å²) in [4.78, 5) is 13.8. The summed E-state index contributed by atoms with van der Waals surface area (Å²) in [6.45, 7) is 3.55. The van der Waals surface area contributed by atoms with Crippen LogP contribution in [0.4, 0.5) is 4.39 Å². The summed E-state index contributed by atoms with van der Waals surface area (Å²) in [5.74, 6) is 1.92. The smallest absolute Gasteiger partial charge is 0.246 e. The van der Waals surface area contributed by atoms with Crippen LogP contribution in [0.25, 0.3) is 22.5 Å². The van der Waals surface area contributed by atoms with E-state index in [0.717, 1.165) is 10.6 Å². The Balaban J connectivity index is 1.78. The van der Waals surface area contributed by atoms with Crippen LogP contribution in [-0.4, -0.2) is 15.0 Å². The highest BCUT2D eigenvalue weighted by Gasteiger charge is 2.17.